The van der Waals surface area contributed by atoms with Crippen molar-refractivity contribution in [3.05, 3.63) is 120 Å². The van der Waals surface area contributed by atoms with Crippen molar-refractivity contribution in [3.8, 4) is 11.1 Å². The van der Waals surface area contributed by atoms with Crippen molar-refractivity contribution in [2.24, 2.45) is 0 Å². The highest BCUT2D eigenvalue weighted by molar-refractivity contribution is 6.22. The Bertz CT molecular complexity index is 2020. The topological polar surface area (TPSA) is 37.8 Å². The molecule has 3 nitrogen and oxygen atoms in total. The fourth-order valence-electron chi connectivity index (χ4n) is 5.50. The maximum atomic E-state index is 5.29. The van der Waals surface area contributed by atoms with Crippen LogP contribution < -0.4 is 5.32 Å². The van der Waals surface area contributed by atoms with E-state index in [0.717, 1.165) is 49.8 Å². The van der Waals surface area contributed by atoms with Gasteiger partial charge in [-0.2, -0.15) is 0 Å². The SMILES string of the molecule is Cc1ccc(Nc2nc3ccc(C)cc3c3nc4ccc(C)cc4c(-c4cccc5ccccc45)c23)cc1. The van der Waals surface area contributed by atoms with Gasteiger partial charge in [0.2, 0.25) is 0 Å². The van der Waals surface area contributed by atoms with Crippen LogP contribution in [-0.4, -0.2) is 9.97 Å². The molecule has 0 bridgehead atoms. The van der Waals surface area contributed by atoms with E-state index in [2.05, 4.69) is 129 Å². The number of nitrogens with zero attached hydrogens (tertiary/aromatic N) is 2. The lowest BCUT2D eigenvalue weighted by Gasteiger charge is -2.19. The van der Waals surface area contributed by atoms with Crippen molar-refractivity contribution < 1.29 is 0 Å². The maximum absolute atomic E-state index is 5.29. The average molecular weight is 490 g/mol. The van der Waals surface area contributed by atoms with E-state index in [-0.39, 0.29) is 0 Å². The third-order valence-corrected chi connectivity index (χ3v) is 7.39. The molecule has 5 aromatic carbocycles. The largest absolute Gasteiger partial charge is 0.340 e. The summed E-state index contributed by atoms with van der Waals surface area (Å²) in [5, 5.41) is 9.34. The molecule has 0 fully saturated rings. The zero-order valence-electron chi connectivity index (χ0n) is 21.7. The molecule has 7 rings (SSSR count). The summed E-state index contributed by atoms with van der Waals surface area (Å²) in [4.78, 5) is 10.5. The molecule has 0 saturated carbocycles. The molecule has 0 saturated heterocycles. The van der Waals surface area contributed by atoms with Gasteiger partial charge in [-0.3, -0.25) is 0 Å². The van der Waals surface area contributed by atoms with Crippen LogP contribution in [0.3, 0.4) is 0 Å². The Morgan fingerprint density at radius 3 is 2.00 bits per heavy atom. The van der Waals surface area contributed by atoms with Crippen LogP contribution in [-0.2, 0) is 0 Å². The molecule has 2 heterocycles. The first-order valence-corrected chi connectivity index (χ1v) is 13.0. The van der Waals surface area contributed by atoms with E-state index in [1.807, 2.05) is 0 Å². The Balaban J connectivity index is 1.70. The second kappa shape index (κ2) is 8.67. The monoisotopic (exact) mass is 489 g/mol. The Morgan fingerprint density at radius 2 is 1.21 bits per heavy atom. The summed E-state index contributed by atoms with van der Waals surface area (Å²) in [5.41, 5.74) is 9.86. The van der Waals surface area contributed by atoms with E-state index < -0.39 is 0 Å². The van der Waals surface area contributed by atoms with Gasteiger partial charge < -0.3 is 5.32 Å². The predicted octanol–water partition coefficient (Wildman–Crippen LogP) is 9.43. The molecule has 0 aliphatic rings. The van der Waals surface area contributed by atoms with Gasteiger partial charge in [0, 0.05) is 22.0 Å². The number of rotatable bonds is 3. The summed E-state index contributed by atoms with van der Waals surface area (Å²) in [6, 6.07) is 36.6. The van der Waals surface area contributed by atoms with Gasteiger partial charge in [0.05, 0.1) is 21.9 Å². The molecule has 0 aliphatic heterocycles. The Morgan fingerprint density at radius 1 is 0.553 bits per heavy atom. The van der Waals surface area contributed by atoms with Gasteiger partial charge in [-0.25, -0.2) is 9.97 Å². The lowest BCUT2D eigenvalue weighted by atomic mass is 9.91. The van der Waals surface area contributed by atoms with E-state index >= 15 is 0 Å². The van der Waals surface area contributed by atoms with Gasteiger partial charge in [-0.05, 0) is 73.5 Å². The van der Waals surface area contributed by atoms with Crippen LogP contribution in [0.4, 0.5) is 11.5 Å². The predicted molar refractivity (Wildman–Crippen MR) is 161 cm³/mol. The average Bonchev–Trinajstić information content (AvgIpc) is 2.93. The van der Waals surface area contributed by atoms with E-state index in [4.69, 9.17) is 9.97 Å². The molecule has 3 heteroatoms. The highest BCUT2D eigenvalue weighted by Gasteiger charge is 2.20. The standard InChI is InChI=1S/C35H27N3/c1-21-11-15-25(16-12-21)36-35-33-32(27-10-6-8-24-7-4-5-9-26(24)27)28-19-22(2)13-17-30(28)37-34(33)29-20-23(3)14-18-31(29)38-35/h4-20H,1-3H3,(H,36,38). The van der Waals surface area contributed by atoms with Crippen LogP contribution in [0.1, 0.15) is 16.7 Å². The van der Waals surface area contributed by atoms with Crippen LogP contribution >= 0.6 is 0 Å². The molecule has 182 valence electrons. The van der Waals surface area contributed by atoms with Crippen LogP contribution in [0.25, 0.3) is 54.6 Å². The van der Waals surface area contributed by atoms with Crippen molar-refractivity contribution in [1.29, 1.82) is 0 Å². The van der Waals surface area contributed by atoms with Gasteiger partial charge in [0.25, 0.3) is 0 Å². The highest BCUT2D eigenvalue weighted by Crippen LogP contribution is 2.43. The fraction of sp³-hybridized carbons (Fsp3) is 0.0857. The second-order valence-corrected chi connectivity index (χ2v) is 10.2. The molecule has 2 aromatic heterocycles. The summed E-state index contributed by atoms with van der Waals surface area (Å²) in [6.07, 6.45) is 0. The molecule has 0 radical (unpaired) electrons. The van der Waals surface area contributed by atoms with Crippen LogP contribution in [0.2, 0.25) is 0 Å². The zero-order chi connectivity index (χ0) is 25.8. The molecule has 0 spiro atoms. The highest BCUT2D eigenvalue weighted by atomic mass is 15.0. The van der Waals surface area contributed by atoms with E-state index in [1.54, 1.807) is 0 Å². The number of aromatic nitrogens is 2. The Hall–Kier alpha value is -4.76. The third kappa shape index (κ3) is 3.67. The number of benzene rings is 5. The van der Waals surface area contributed by atoms with Gasteiger partial charge in [0.1, 0.15) is 5.82 Å². The number of aryl methyl sites for hydroxylation is 3. The number of fused-ring (bicyclic) bond motifs is 5. The lowest BCUT2D eigenvalue weighted by molar-refractivity contribution is 1.36. The minimum Gasteiger partial charge on any atom is -0.340 e. The molecule has 0 unspecified atom stereocenters. The van der Waals surface area contributed by atoms with Crippen molar-refractivity contribution in [1.82, 2.24) is 9.97 Å². The first-order chi connectivity index (χ1) is 18.5. The first-order valence-electron chi connectivity index (χ1n) is 13.0. The number of nitrogens with one attached hydrogen (secondary N) is 1. The van der Waals surface area contributed by atoms with E-state index in [0.29, 0.717) is 0 Å². The normalized spacial score (nSPS) is 11.6. The maximum Gasteiger partial charge on any atom is 0.141 e. The first kappa shape index (κ1) is 22.4. The Kier molecular flexibility index (Phi) is 5.12. The van der Waals surface area contributed by atoms with Crippen molar-refractivity contribution in [2.75, 3.05) is 5.32 Å². The van der Waals surface area contributed by atoms with Gasteiger partial charge >= 0.3 is 0 Å². The molecule has 1 N–H and O–H groups in total. The molecule has 0 atom stereocenters. The number of hydrogen-bond acceptors (Lipinski definition) is 3. The number of pyridine rings is 2. The second-order valence-electron chi connectivity index (χ2n) is 10.2. The van der Waals surface area contributed by atoms with E-state index in [9.17, 15) is 0 Å². The smallest absolute Gasteiger partial charge is 0.141 e. The Labute approximate surface area is 221 Å². The van der Waals surface area contributed by atoms with E-state index in [1.165, 1.54) is 33.0 Å². The van der Waals surface area contributed by atoms with Crippen molar-refractivity contribution >= 4 is 55.0 Å². The van der Waals surface area contributed by atoms with Crippen LogP contribution in [0.15, 0.2) is 103 Å². The van der Waals surface area contributed by atoms with Gasteiger partial charge in [-0.1, -0.05) is 83.4 Å². The third-order valence-electron chi connectivity index (χ3n) is 7.39. The summed E-state index contributed by atoms with van der Waals surface area (Å²) in [6.45, 7) is 6.37. The quantitative estimate of drug-likeness (QED) is 0.198. The molecule has 0 aliphatic carbocycles. The fourth-order valence-corrected chi connectivity index (χ4v) is 5.50. The summed E-state index contributed by atoms with van der Waals surface area (Å²) < 4.78 is 0. The summed E-state index contributed by atoms with van der Waals surface area (Å²) in [5.74, 6) is 0.819. The van der Waals surface area contributed by atoms with Gasteiger partial charge in [0.15, 0.2) is 0 Å². The number of hydrogen-bond donors (Lipinski definition) is 1. The molecular weight excluding hydrogens is 462 g/mol. The summed E-state index contributed by atoms with van der Waals surface area (Å²) >= 11 is 0. The van der Waals surface area contributed by atoms with Gasteiger partial charge in [-0.15, -0.1) is 0 Å². The summed E-state index contributed by atoms with van der Waals surface area (Å²) in [7, 11) is 0. The zero-order valence-corrected chi connectivity index (χ0v) is 21.7. The van der Waals surface area contributed by atoms with Crippen LogP contribution in [0, 0.1) is 20.8 Å². The lowest BCUT2D eigenvalue weighted by Crippen LogP contribution is -2.00. The van der Waals surface area contributed by atoms with Crippen LogP contribution in [0.5, 0.6) is 0 Å². The molecule has 7 aromatic rings. The van der Waals surface area contributed by atoms with Crippen molar-refractivity contribution in [2.45, 2.75) is 20.8 Å². The molecule has 0 amide bonds. The minimum absolute atomic E-state index is 0.819. The molecular formula is C35H27N3. The van der Waals surface area contributed by atoms with Crippen molar-refractivity contribution in [3.63, 3.8) is 0 Å². The number of anilines is 2. The minimum atomic E-state index is 0.819. The molecule has 38 heavy (non-hydrogen) atoms.